The lowest BCUT2D eigenvalue weighted by molar-refractivity contribution is 0.215. The van der Waals surface area contributed by atoms with Crippen LogP contribution in [0.4, 0.5) is 8.78 Å². The Morgan fingerprint density at radius 3 is 2.48 bits per heavy atom. The Balaban J connectivity index is 1.52. The van der Waals surface area contributed by atoms with E-state index in [1.165, 1.54) is 6.26 Å². The van der Waals surface area contributed by atoms with Crippen LogP contribution in [0, 0.1) is 11.6 Å². The highest BCUT2D eigenvalue weighted by Crippen LogP contribution is 2.33. The van der Waals surface area contributed by atoms with Gasteiger partial charge in [0, 0.05) is 13.1 Å². The van der Waals surface area contributed by atoms with Gasteiger partial charge in [0.15, 0.2) is 10.7 Å². The molecular weight excluding hydrogens is 356 g/mol. The maximum Gasteiger partial charge on any atom is 0.248 e. The quantitative estimate of drug-likeness (QED) is 0.703. The third kappa shape index (κ3) is 2.63. The van der Waals surface area contributed by atoms with Gasteiger partial charge < -0.3 is 8.94 Å². The van der Waals surface area contributed by atoms with Crippen molar-refractivity contribution in [2.75, 3.05) is 13.1 Å². The van der Waals surface area contributed by atoms with Crippen molar-refractivity contribution in [2.24, 2.45) is 0 Å². The highest BCUT2D eigenvalue weighted by Gasteiger charge is 2.42. The van der Waals surface area contributed by atoms with Crippen LogP contribution >= 0.6 is 0 Å². The Morgan fingerprint density at radius 2 is 1.84 bits per heavy atom. The van der Waals surface area contributed by atoms with Gasteiger partial charge in [-0.05, 0) is 24.3 Å². The minimum atomic E-state index is -4.27. The zero-order chi connectivity index (χ0) is 17.6. The van der Waals surface area contributed by atoms with Crippen LogP contribution in [0.25, 0.3) is 11.6 Å². The Hall–Kier alpha value is -2.59. The molecule has 0 radical (unpaired) electrons. The van der Waals surface area contributed by atoms with Crippen molar-refractivity contribution >= 4 is 10.0 Å². The van der Waals surface area contributed by atoms with Crippen LogP contribution in [0.2, 0.25) is 0 Å². The molecule has 2 aromatic heterocycles. The second kappa shape index (κ2) is 5.74. The Morgan fingerprint density at radius 1 is 1.12 bits per heavy atom. The molecule has 3 heterocycles. The third-order valence-electron chi connectivity index (χ3n) is 3.90. The van der Waals surface area contributed by atoms with Crippen molar-refractivity contribution in [3.05, 3.63) is 54.1 Å². The summed E-state index contributed by atoms with van der Waals surface area (Å²) in [5.41, 5.74) is 0. The largest absolute Gasteiger partial charge is 0.461 e. The summed E-state index contributed by atoms with van der Waals surface area (Å²) in [6, 6.07) is 6.25. The van der Waals surface area contributed by atoms with Gasteiger partial charge in [0.1, 0.15) is 11.6 Å². The molecule has 1 aliphatic rings. The molecule has 25 heavy (non-hydrogen) atoms. The Bertz CT molecular complexity index is 991. The van der Waals surface area contributed by atoms with Crippen LogP contribution in [0.1, 0.15) is 11.8 Å². The lowest BCUT2D eigenvalue weighted by atomic mass is 10.0. The molecule has 130 valence electrons. The average molecular weight is 367 g/mol. The number of hydrogen-bond acceptors (Lipinski definition) is 6. The van der Waals surface area contributed by atoms with Gasteiger partial charge in [0.2, 0.25) is 21.7 Å². The molecule has 0 atom stereocenters. The number of furan rings is 1. The standard InChI is InChI=1S/C15H11F2N3O4S/c16-10-3-1-4-11(17)13(10)25(21,22)20-7-9(8-20)15-18-14(19-24-15)12-5-2-6-23-12/h1-6,9H,7-8H2. The highest BCUT2D eigenvalue weighted by atomic mass is 32.2. The lowest BCUT2D eigenvalue weighted by Crippen LogP contribution is -2.48. The van der Waals surface area contributed by atoms with Gasteiger partial charge in [-0.15, -0.1) is 0 Å². The van der Waals surface area contributed by atoms with Gasteiger partial charge in [-0.3, -0.25) is 0 Å². The maximum absolute atomic E-state index is 13.8. The number of aromatic nitrogens is 2. The summed E-state index contributed by atoms with van der Waals surface area (Å²) in [6.45, 7) is -0.00814. The van der Waals surface area contributed by atoms with Crippen molar-refractivity contribution in [3.8, 4) is 11.6 Å². The van der Waals surface area contributed by atoms with Crippen molar-refractivity contribution in [3.63, 3.8) is 0 Å². The summed E-state index contributed by atoms with van der Waals surface area (Å²) >= 11 is 0. The minimum Gasteiger partial charge on any atom is -0.461 e. The van der Waals surface area contributed by atoms with E-state index in [-0.39, 0.29) is 30.7 Å². The molecule has 7 nitrogen and oxygen atoms in total. The summed E-state index contributed by atoms with van der Waals surface area (Å²) in [4.78, 5) is 3.21. The number of hydrogen-bond donors (Lipinski definition) is 0. The third-order valence-corrected chi connectivity index (χ3v) is 5.78. The van der Waals surface area contributed by atoms with Crippen LogP contribution in [0.15, 0.2) is 50.4 Å². The van der Waals surface area contributed by atoms with Crippen LogP contribution in [-0.2, 0) is 10.0 Å². The number of rotatable bonds is 4. The number of halogens is 2. The molecule has 0 amide bonds. The van der Waals surface area contributed by atoms with Gasteiger partial charge in [0.05, 0.1) is 12.2 Å². The van der Waals surface area contributed by atoms with E-state index in [0.29, 0.717) is 5.76 Å². The van der Waals surface area contributed by atoms with Gasteiger partial charge in [-0.25, -0.2) is 17.2 Å². The summed E-state index contributed by atoms with van der Waals surface area (Å²) < 4.78 is 63.5. The zero-order valence-electron chi connectivity index (χ0n) is 12.6. The van der Waals surface area contributed by atoms with Crippen LogP contribution in [-0.4, -0.2) is 36.0 Å². The van der Waals surface area contributed by atoms with E-state index in [0.717, 1.165) is 22.5 Å². The van der Waals surface area contributed by atoms with E-state index in [2.05, 4.69) is 10.1 Å². The molecule has 1 aliphatic heterocycles. The molecule has 0 aliphatic carbocycles. The molecule has 1 saturated heterocycles. The maximum atomic E-state index is 13.8. The van der Waals surface area contributed by atoms with Crippen molar-refractivity contribution in [2.45, 2.75) is 10.8 Å². The molecule has 0 spiro atoms. The van der Waals surface area contributed by atoms with Crippen LogP contribution in [0.3, 0.4) is 0 Å². The first-order chi connectivity index (χ1) is 12.0. The summed E-state index contributed by atoms with van der Waals surface area (Å²) in [7, 11) is -4.27. The fourth-order valence-electron chi connectivity index (χ4n) is 2.56. The molecule has 10 heteroatoms. The fraction of sp³-hybridized carbons (Fsp3) is 0.200. The Labute approximate surface area is 140 Å². The van der Waals surface area contributed by atoms with Crippen molar-refractivity contribution in [1.82, 2.24) is 14.4 Å². The fourth-order valence-corrected chi connectivity index (χ4v) is 4.20. The van der Waals surface area contributed by atoms with E-state index in [9.17, 15) is 17.2 Å². The van der Waals surface area contributed by atoms with E-state index in [1.54, 1.807) is 12.1 Å². The van der Waals surface area contributed by atoms with E-state index in [4.69, 9.17) is 8.94 Å². The number of sulfonamides is 1. The van der Waals surface area contributed by atoms with Crippen molar-refractivity contribution < 1.29 is 26.1 Å². The van der Waals surface area contributed by atoms with Gasteiger partial charge in [-0.1, -0.05) is 11.2 Å². The first-order valence-corrected chi connectivity index (χ1v) is 8.72. The second-order valence-electron chi connectivity index (χ2n) is 5.50. The molecule has 1 aromatic carbocycles. The molecule has 0 bridgehead atoms. The SMILES string of the molecule is O=S(=O)(c1c(F)cccc1F)N1CC(c2nc(-c3ccco3)no2)C1. The van der Waals surface area contributed by atoms with E-state index < -0.39 is 26.6 Å². The summed E-state index contributed by atoms with van der Waals surface area (Å²) in [5, 5.41) is 3.77. The van der Waals surface area contributed by atoms with Crippen LogP contribution in [0.5, 0.6) is 0 Å². The smallest absolute Gasteiger partial charge is 0.248 e. The molecule has 0 unspecified atom stereocenters. The normalized spacial score (nSPS) is 16.1. The predicted octanol–water partition coefficient (Wildman–Crippen LogP) is 2.40. The van der Waals surface area contributed by atoms with E-state index in [1.807, 2.05) is 0 Å². The molecular formula is C15H11F2N3O4S. The van der Waals surface area contributed by atoms with Gasteiger partial charge >= 0.3 is 0 Å². The molecule has 0 N–H and O–H groups in total. The molecule has 4 rings (SSSR count). The Kier molecular flexibility index (Phi) is 3.65. The number of nitrogens with zero attached hydrogens (tertiary/aromatic N) is 3. The van der Waals surface area contributed by atoms with Gasteiger partial charge in [-0.2, -0.15) is 9.29 Å². The monoisotopic (exact) mass is 367 g/mol. The summed E-state index contributed by atoms with van der Waals surface area (Å²) in [5.74, 6) is -1.68. The minimum absolute atomic E-state index is 0.00407. The topological polar surface area (TPSA) is 89.4 Å². The summed E-state index contributed by atoms with van der Waals surface area (Å²) in [6.07, 6.45) is 1.46. The molecule has 0 saturated carbocycles. The first-order valence-electron chi connectivity index (χ1n) is 7.28. The zero-order valence-corrected chi connectivity index (χ0v) is 13.4. The second-order valence-corrected chi connectivity index (χ2v) is 7.38. The average Bonchev–Trinajstić information content (AvgIpc) is 3.15. The number of benzene rings is 1. The van der Waals surface area contributed by atoms with Crippen LogP contribution < -0.4 is 0 Å². The van der Waals surface area contributed by atoms with Crippen molar-refractivity contribution in [1.29, 1.82) is 0 Å². The molecule has 1 fully saturated rings. The lowest BCUT2D eigenvalue weighted by Gasteiger charge is -2.35. The highest BCUT2D eigenvalue weighted by molar-refractivity contribution is 7.89. The first kappa shape index (κ1) is 15.9. The van der Waals surface area contributed by atoms with E-state index >= 15 is 0 Å². The predicted molar refractivity (Wildman–Crippen MR) is 79.9 cm³/mol. The molecule has 3 aromatic rings. The van der Waals surface area contributed by atoms with Gasteiger partial charge in [0.25, 0.3) is 0 Å².